The number of hydrogen-bond acceptors (Lipinski definition) is 3. The van der Waals surface area contributed by atoms with Crippen LogP contribution in [0.25, 0.3) is 0 Å². The smallest absolute Gasteiger partial charge is 0.419 e. The molecule has 178 valence electrons. The molecule has 1 saturated heterocycles. The maximum absolute atomic E-state index is 14.0. The van der Waals surface area contributed by atoms with Crippen LogP contribution in [-0.4, -0.2) is 35.1 Å². The summed E-state index contributed by atoms with van der Waals surface area (Å²) in [7, 11) is 0. The number of likely N-dealkylation sites (tertiary alicyclic amines) is 1. The minimum absolute atomic E-state index is 0.0814. The van der Waals surface area contributed by atoms with Crippen molar-refractivity contribution in [3.8, 4) is 0 Å². The van der Waals surface area contributed by atoms with Gasteiger partial charge in [0, 0.05) is 12.2 Å². The van der Waals surface area contributed by atoms with Crippen molar-refractivity contribution in [3.63, 3.8) is 0 Å². The molecule has 0 spiro atoms. The van der Waals surface area contributed by atoms with Crippen LogP contribution in [0.15, 0.2) is 18.2 Å². The number of nitrogens with zero attached hydrogens (tertiary/aromatic N) is 1. The van der Waals surface area contributed by atoms with Gasteiger partial charge in [-0.15, -0.1) is 0 Å². The van der Waals surface area contributed by atoms with Crippen molar-refractivity contribution in [1.82, 2.24) is 4.90 Å². The van der Waals surface area contributed by atoms with Gasteiger partial charge in [0.1, 0.15) is 17.5 Å². The zero-order chi connectivity index (χ0) is 23.7. The molecule has 0 radical (unpaired) electrons. The molecule has 1 heterocycles. The Morgan fingerprint density at radius 3 is 2.28 bits per heavy atom. The van der Waals surface area contributed by atoms with Crippen molar-refractivity contribution in [1.29, 1.82) is 0 Å². The summed E-state index contributed by atoms with van der Waals surface area (Å²) in [6.45, 7) is 5.56. The zero-order valence-corrected chi connectivity index (χ0v) is 18.6. The first kappa shape index (κ1) is 24.3. The molecule has 9 heteroatoms. The van der Waals surface area contributed by atoms with E-state index in [2.05, 4.69) is 5.32 Å². The van der Waals surface area contributed by atoms with Crippen LogP contribution in [0.2, 0.25) is 0 Å². The molecule has 2 aliphatic rings. The summed E-state index contributed by atoms with van der Waals surface area (Å²) in [5.74, 6) is -1.81. The highest BCUT2D eigenvalue weighted by Crippen LogP contribution is 2.40. The van der Waals surface area contributed by atoms with E-state index in [0.717, 1.165) is 38.2 Å². The third-order valence-electron chi connectivity index (χ3n) is 6.14. The first-order chi connectivity index (χ1) is 14.9. The normalized spacial score (nSPS) is 22.7. The molecule has 32 heavy (non-hydrogen) atoms. The lowest BCUT2D eigenvalue weighted by Gasteiger charge is -2.34. The molecule has 2 amide bonds. The van der Waals surface area contributed by atoms with Crippen LogP contribution in [0.5, 0.6) is 0 Å². The predicted octanol–water partition coefficient (Wildman–Crippen LogP) is 5.99. The molecule has 0 unspecified atom stereocenters. The van der Waals surface area contributed by atoms with Gasteiger partial charge >= 0.3 is 12.3 Å². The van der Waals surface area contributed by atoms with E-state index in [9.17, 15) is 27.2 Å². The molecule has 1 aliphatic heterocycles. The number of carbonyl (C=O) groups excluding carboxylic acids is 2. The van der Waals surface area contributed by atoms with Crippen LogP contribution in [-0.2, 0) is 15.7 Å². The summed E-state index contributed by atoms with van der Waals surface area (Å²) < 4.78 is 58.0. The van der Waals surface area contributed by atoms with Crippen molar-refractivity contribution in [2.24, 2.45) is 11.8 Å². The Hall–Kier alpha value is -2.32. The van der Waals surface area contributed by atoms with E-state index in [1.54, 1.807) is 20.8 Å². The first-order valence-electron chi connectivity index (χ1n) is 11.0. The van der Waals surface area contributed by atoms with Crippen LogP contribution in [0.3, 0.4) is 0 Å². The molecule has 1 aromatic carbocycles. The fraction of sp³-hybridized carbons (Fsp3) is 0.652. The minimum atomic E-state index is -4.82. The zero-order valence-electron chi connectivity index (χ0n) is 18.6. The SMILES string of the molecule is CC(C)(C)OC(=O)N1CC[C@@H](C2CCCCC2)[C@H]1C(=O)Nc1ccc(C(F)(F)F)c(F)c1. The van der Waals surface area contributed by atoms with Gasteiger partial charge in [0.25, 0.3) is 0 Å². The molecule has 2 atom stereocenters. The number of benzene rings is 1. The van der Waals surface area contributed by atoms with Gasteiger partial charge in [-0.25, -0.2) is 9.18 Å². The van der Waals surface area contributed by atoms with Crippen LogP contribution >= 0.6 is 0 Å². The summed E-state index contributed by atoms with van der Waals surface area (Å²) in [5, 5.41) is 2.52. The summed E-state index contributed by atoms with van der Waals surface area (Å²) in [6, 6.07) is 1.46. The molecule has 1 aliphatic carbocycles. The van der Waals surface area contributed by atoms with E-state index in [1.807, 2.05) is 0 Å². The highest BCUT2D eigenvalue weighted by molar-refractivity contribution is 5.97. The van der Waals surface area contributed by atoms with Crippen LogP contribution in [0.1, 0.15) is 64.9 Å². The Bertz CT molecular complexity index is 845. The lowest BCUT2D eigenvalue weighted by Crippen LogP contribution is -2.49. The van der Waals surface area contributed by atoms with Crippen molar-refractivity contribution >= 4 is 17.7 Å². The summed E-state index contributed by atoms with van der Waals surface area (Å²) in [4.78, 5) is 27.4. The lowest BCUT2D eigenvalue weighted by molar-refractivity contribution is -0.140. The Balaban J connectivity index is 1.83. The minimum Gasteiger partial charge on any atom is -0.444 e. The van der Waals surface area contributed by atoms with Gasteiger partial charge in [0.2, 0.25) is 5.91 Å². The van der Waals surface area contributed by atoms with Crippen molar-refractivity contribution in [2.75, 3.05) is 11.9 Å². The molecular weight excluding hydrogens is 428 g/mol. The Morgan fingerprint density at radius 2 is 1.72 bits per heavy atom. The summed E-state index contributed by atoms with van der Waals surface area (Å²) >= 11 is 0. The van der Waals surface area contributed by atoms with Gasteiger partial charge in [-0.3, -0.25) is 9.69 Å². The molecule has 1 N–H and O–H groups in total. The second-order valence-corrected chi connectivity index (χ2v) is 9.65. The van der Waals surface area contributed by atoms with Crippen LogP contribution in [0.4, 0.5) is 28.0 Å². The van der Waals surface area contributed by atoms with Gasteiger partial charge in [0.15, 0.2) is 0 Å². The predicted molar refractivity (Wildman–Crippen MR) is 111 cm³/mol. The maximum atomic E-state index is 14.0. The second kappa shape index (κ2) is 9.27. The number of nitrogens with one attached hydrogen (secondary N) is 1. The molecule has 0 bridgehead atoms. The number of amides is 2. The van der Waals surface area contributed by atoms with Crippen LogP contribution in [0, 0.1) is 17.7 Å². The van der Waals surface area contributed by atoms with E-state index in [0.29, 0.717) is 25.1 Å². The Labute approximate surface area is 185 Å². The number of halogens is 4. The summed E-state index contributed by atoms with van der Waals surface area (Å²) in [6.07, 6.45) is 0.409. The van der Waals surface area contributed by atoms with Crippen molar-refractivity contribution in [2.45, 2.75) is 77.1 Å². The summed E-state index contributed by atoms with van der Waals surface area (Å²) in [5.41, 5.74) is -2.22. The maximum Gasteiger partial charge on any atom is 0.419 e. The lowest BCUT2D eigenvalue weighted by atomic mass is 9.76. The fourth-order valence-electron chi connectivity index (χ4n) is 4.77. The largest absolute Gasteiger partial charge is 0.444 e. The molecule has 0 aromatic heterocycles. The van der Waals surface area contributed by atoms with E-state index >= 15 is 0 Å². The van der Waals surface area contributed by atoms with Gasteiger partial charge in [-0.2, -0.15) is 13.2 Å². The first-order valence-corrected chi connectivity index (χ1v) is 11.0. The van der Waals surface area contributed by atoms with E-state index < -0.39 is 41.2 Å². The standard InChI is InChI=1S/C23H30F4N2O3/c1-22(2,3)32-21(31)29-12-11-16(14-7-5-4-6-8-14)19(29)20(30)28-15-9-10-17(18(24)13-15)23(25,26)27/h9-10,13-14,16,19H,4-8,11-12H2,1-3H3,(H,28,30)/t16-,19-/m0/s1. The average molecular weight is 458 g/mol. The third kappa shape index (κ3) is 5.72. The van der Waals surface area contributed by atoms with E-state index in [-0.39, 0.29) is 17.5 Å². The third-order valence-corrected chi connectivity index (χ3v) is 6.14. The fourth-order valence-corrected chi connectivity index (χ4v) is 4.77. The second-order valence-electron chi connectivity index (χ2n) is 9.65. The molecule has 2 fully saturated rings. The number of ether oxygens (including phenoxy) is 1. The highest BCUT2D eigenvalue weighted by Gasteiger charge is 2.46. The number of rotatable bonds is 3. The molecule has 1 saturated carbocycles. The topological polar surface area (TPSA) is 58.6 Å². The molecule has 3 rings (SSSR count). The van der Waals surface area contributed by atoms with E-state index in [4.69, 9.17) is 4.74 Å². The average Bonchev–Trinajstić information content (AvgIpc) is 3.12. The Kier molecular flexibility index (Phi) is 7.05. The highest BCUT2D eigenvalue weighted by atomic mass is 19.4. The van der Waals surface area contributed by atoms with Gasteiger partial charge in [-0.05, 0) is 57.2 Å². The van der Waals surface area contributed by atoms with Crippen molar-refractivity contribution < 1.29 is 31.9 Å². The Morgan fingerprint density at radius 1 is 1.06 bits per heavy atom. The van der Waals surface area contributed by atoms with Gasteiger partial charge in [0.05, 0.1) is 5.56 Å². The monoisotopic (exact) mass is 458 g/mol. The van der Waals surface area contributed by atoms with Gasteiger partial charge < -0.3 is 10.1 Å². The van der Waals surface area contributed by atoms with Crippen LogP contribution < -0.4 is 5.32 Å². The van der Waals surface area contributed by atoms with Crippen molar-refractivity contribution in [3.05, 3.63) is 29.6 Å². The molecule has 5 nitrogen and oxygen atoms in total. The number of alkyl halides is 3. The number of anilines is 1. The quantitative estimate of drug-likeness (QED) is 0.566. The molecule has 1 aromatic rings. The molecular formula is C23H30F4N2O3. The van der Waals surface area contributed by atoms with E-state index in [1.165, 1.54) is 4.90 Å². The number of hydrogen-bond donors (Lipinski definition) is 1. The van der Waals surface area contributed by atoms with Gasteiger partial charge in [-0.1, -0.05) is 32.1 Å². The number of carbonyl (C=O) groups is 2.